The highest BCUT2D eigenvalue weighted by molar-refractivity contribution is 5.19. The predicted octanol–water partition coefficient (Wildman–Crippen LogP) is 2.31. The van der Waals surface area contributed by atoms with E-state index in [0.29, 0.717) is 38.2 Å². The number of aliphatic hydroxyl groups is 1. The van der Waals surface area contributed by atoms with Gasteiger partial charge < -0.3 is 14.6 Å². The Hall–Kier alpha value is -0.970. The van der Waals surface area contributed by atoms with E-state index < -0.39 is 11.7 Å². The fourth-order valence-corrected chi connectivity index (χ4v) is 2.64. The molecule has 2 rings (SSSR count). The first-order chi connectivity index (χ1) is 9.18. The molecule has 1 unspecified atom stereocenters. The molecular formula is C15H21FO3. The molecule has 1 fully saturated rings. The maximum atomic E-state index is 13.7. The summed E-state index contributed by atoms with van der Waals surface area (Å²) in [5.74, 6) is -0.278. The fraction of sp³-hybridized carbons (Fsp3) is 0.600. The Kier molecular flexibility index (Phi) is 4.91. The standard InChI is InChI=1S/C15H21FO3/c1-2-19-15(7-9-18-10-8-15)14(17)11-12-5-3-4-6-13(12)16/h3-6,14,17H,2,7-11H2,1H3. The van der Waals surface area contributed by atoms with Crippen LogP contribution >= 0.6 is 0 Å². The van der Waals surface area contributed by atoms with Crippen LogP contribution in [0.4, 0.5) is 4.39 Å². The lowest BCUT2D eigenvalue weighted by molar-refractivity contribution is -0.165. The molecule has 0 amide bonds. The molecule has 0 aliphatic carbocycles. The Morgan fingerprint density at radius 3 is 2.68 bits per heavy atom. The average Bonchev–Trinajstić information content (AvgIpc) is 2.42. The lowest BCUT2D eigenvalue weighted by Crippen LogP contribution is -2.50. The topological polar surface area (TPSA) is 38.7 Å². The van der Waals surface area contributed by atoms with Crippen LogP contribution in [0.15, 0.2) is 24.3 Å². The van der Waals surface area contributed by atoms with Crippen molar-refractivity contribution in [2.24, 2.45) is 0 Å². The van der Waals surface area contributed by atoms with E-state index in [0.717, 1.165) is 0 Å². The van der Waals surface area contributed by atoms with Gasteiger partial charge in [-0.3, -0.25) is 0 Å². The molecule has 19 heavy (non-hydrogen) atoms. The molecule has 1 saturated heterocycles. The van der Waals surface area contributed by atoms with E-state index in [1.54, 1.807) is 18.2 Å². The minimum atomic E-state index is -0.715. The van der Waals surface area contributed by atoms with E-state index in [1.807, 2.05) is 6.92 Å². The minimum absolute atomic E-state index is 0.271. The summed E-state index contributed by atoms with van der Waals surface area (Å²) >= 11 is 0. The number of hydrogen-bond acceptors (Lipinski definition) is 3. The molecule has 0 spiro atoms. The third kappa shape index (κ3) is 3.32. The zero-order valence-electron chi connectivity index (χ0n) is 11.3. The van der Waals surface area contributed by atoms with E-state index in [9.17, 15) is 9.50 Å². The first kappa shape index (κ1) is 14.4. The van der Waals surface area contributed by atoms with E-state index >= 15 is 0 Å². The van der Waals surface area contributed by atoms with Crippen molar-refractivity contribution >= 4 is 0 Å². The van der Waals surface area contributed by atoms with Crippen molar-refractivity contribution in [1.82, 2.24) is 0 Å². The van der Waals surface area contributed by atoms with Gasteiger partial charge in [0, 0.05) is 39.1 Å². The van der Waals surface area contributed by atoms with Crippen LogP contribution in [0, 0.1) is 5.82 Å². The predicted molar refractivity (Wildman–Crippen MR) is 70.5 cm³/mol. The molecule has 1 aliphatic rings. The first-order valence-electron chi connectivity index (χ1n) is 6.81. The van der Waals surface area contributed by atoms with Crippen LogP contribution in [0.5, 0.6) is 0 Å². The van der Waals surface area contributed by atoms with Crippen LogP contribution in [0.1, 0.15) is 25.3 Å². The first-order valence-corrected chi connectivity index (χ1v) is 6.81. The Balaban J connectivity index is 2.11. The number of rotatable bonds is 5. The lowest BCUT2D eigenvalue weighted by atomic mass is 9.84. The van der Waals surface area contributed by atoms with E-state index in [4.69, 9.17) is 9.47 Å². The van der Waals surface area contributed by atoms with Crippen molar-refractivity contribution in [1.29, 1.82) is 0 Å². The molecule has 1 N–H and O–H groups in total. The van der Waals surface area contributed by atoms with Gasteiger partial charge in [0.15, 0.2) is 0 Å². The molecule has 1 aromatic carbocycles. The maximum Gasteiger partial charge on any atom is 0.126 e. The van der Waals surface area contributed by atoms with Gasteiger partial charge in [-0.15, -0.1) is 0 Å². The second kappa shape index (κ2) is 6.46. The monoisotopic (exact) mass is 268 g/mol. The smallest absolute Gasteiger partial charge is 0.126 e. The second-order valence-corrected chi connectivity index (χ2v) is 4.92. The summed E-state index contributed by atoms with van der Waals surface area (Å²) in [6, 6.07) is 6.55. The Morgan fingerprint density at radius 1 is 1.37 bits per heavy atom. The Bertz CT molecular complexity index is 397. The molecule has 0 bridgehead atoms. The van der Waals surface area contributed by atoms with E-state index in [1.165, 1.54) is 6.07 Å². The van der Waals surface area contributed by atoms with Crippen molar-refractivity contribution in [3.8, 4) is 0 Å². The van der Waals surface area contributed by atoms with Gasteiger partial charge in [-0.1, -0.05) is 18.2 Å². The van der Waals surface area contributed by atoms with Gasteiger partial charge in [-0.2, -0.15) is 0 Å². The fourth-order valence-electron chi connectivity index (χ4n) is 2.64. The molecule has 0 radical (unpaired) electrons. The molecule has 0 saturated carbocycles. The lowest BCUT2D eigenvalue weighted by Gasteiger charge is -2.40. The number of aliphatic hydroxyl groups excluding tert-OH is 1. The highest BCUT2D eigenvalue weighted by Crippen LogP contribution is 2.31. The highest BCUT2D eigenvalue weighted by Gasteiger charge is 2.40. The van der Waals surface area contributed by atoms with Crippen LogP contribution in [0.25, 0.3) is 0 Å². The Morgan fingerprint density at radius 2 is 2.05 bits per heavy atom. The number of benzene rings is 1. The normalized spacial score (nSPS) is 20.2. The maximum absolute atomic E-state index is 13.7. The van der Waals surface area contributed by atoms with Crippen LogP contribution in [0.3, 0.4) is 0 Å². The van der Waals surface area contributed by atoms with Gasteiger partial charge in [0.05, 0.1) is 11.7 Å². The summed E-state index contributed by atoms with van der Waals surface area (Å²) < 4.78 is 24.8. The van der Waals surface area contributed by atoms with E-state index in [-0.39, 0.29) is 12.2 Å². The van der Waals surface area contributed by atoms with E-state index in [2.05, 4.69) is 0 Å². The zero-order chi connectivity index (χ0) is 13.7. The third-order valence-electron chi connectivity index (χ3n) is 3.75. The van der Waals surface area contributed by atoms with Crippen LogP contribution < -0.4 is 0 Å². The van der Waals surface area contributed by atoms with Crippen molar-refractivity contribution in [2.45, 2.75) is 37.9 Å². The quantitative estimate of drug-likeness (QED) is 0.890. The Labute approximate surface area is 113 Å². The average molecular weight is 268 g/mol. The summed E-state index contributed by atoms with van der Waals surface area (Å²) in [4.78, 5) is 0. The molecular weight excluding hydrogens is 247 g/mol. The molecule has 4 heteroatoms. The molecule has 1 heterocycles. The third-order valence-corrected chi connectivity index (χ3v) is 3.75. The molecule has 106 valence electrons. The van der Waals surface area contributed by atoms with Gasteiger partial charge in [0.2, 0.25) is 0 Å². The number of hydrogen-bond donors (Lipinski definition) is 1. The van der Waals surface area contributed by atoms with Gasteiger partial charge in [0.25, 0.3) is 0 Å². The van der Waals surface area contributed by atoms with Crippen LogP contribution in [0.2, 0.25) is 0 Å². The number of halogens is 1. The molecule has 1 atom stereocenters. The van der Waals surface area contributed by atoms with Gasteiger partial charge >= 0.3 is 0 Å². The highest BCUT2D eigenvalue weighted by atomic mass is 19.1. The molecule has 0 aromatic heterocycles. The summed E-state index contributed by atoms with van der Waals surface area (Å²) in [5, 5.41) is 10.5. The number of ether oxygens (including phenoxy) is 2. The zero-order valence-corrected chi connectivity index (χ0v) is 11.3. The largest absolute Gasteiger partial charge is 0.390 e. The van der Waals surface area contributed by atoms with Crippen LogP contribution in [-0.4, -0.2) is 36.6 Å². The summed E-state index contributed by atoms with van der Waals surface area (Å²) in [7, 11) is 0. The van der Waals surface area contributed by atoms with Gasteiger partial charge in [-0.25, -0.2) is 4.39 Å². The molecule has 3 nitrogen and oxygen atoms in total. The minimum Gasteiger partial charge on any atom is -0.390 e. The summed E-state index contributed by atoms with van der Waals surface area (Å²) in [5.41, 5.74) is -0.0736. The molecule has 1 aliphatic heterocycles. The van der Waals surface area contributed by atoms with Crippen molar-refractivity contribution in [3.63, 3.8) is 0 Å². The second-order valence-electron chi connectivity index (χ2n) is 4.92. The van der Waals surface area contributed by atoms with Crippen molar-refractivity contribution < 1.29 is 19.0 Å². The summed E-state index contributed by atoms with van der Waals surface area (Å²) in [6.07, 6.45) is 0.854. The van der Waals surface area contributed by atoms with Gasteiger partial charge in [0.1, 0.15) is 5.82 Å². The summed E-state index contributed by atoms with van der Waals surface area (Å²) in [6.45, 7) is 3.60. The van der Waals surface area contributed by atoms with Crippen LogP contribution in [-0.2, 0) is 15.9 Å². The van der Waals surface area contributed by atoms with Gasteiger partial charge in [-0.05, 0) is 18.6 Å². The SMILES string of the molecule is CCOC1(C(O)Cc2ccccc2F)CCOCC1. The van der Waals surface area contributed by atoms with Crippen molar-refractivity contribution in [3.05, 3.63) is 35.6 Å². The molecule has 1 aromatic rings. The van der Waals surface area contributed by atoms with Crippen molar-refractivity contribution in [2.75, 3.05) is 19.8 Å².